The third kappa shape index (κ3) is 5.67. The number of piperidine rings is 1. The minimum absolute atomic E-state index is 0.0320. The van der Waals surface area contributed by atoms with Crippen LogP contribution in [0.2, 0.25) is 0 Å². The Morgan fingerprint density at radius 3 is 2.67 bits per heavy atom. The van der Waals surface area contributed by atoms with E-state index in [-0.39, 0.29) is 23.8 Å². The van der Waals surface area contributed by atoms with E-state index in [2.05, 4.69) is 27.1 Å². The number of likely N-dealkylation sites (N-methyl/N-ethyl adjacent to an activating group) is 1. The first-order valence-corrected chi connectivity index (χ1v) is 12.6. The number of hydrogen-bond donors (Lipinski definition) is 1. The van der Waals surface area contributed by atoms with E-state index < -0.39 is 0 Å². The van der Waals surface area contributed by atoms with E-state index in [1.165, 1.54) is 4.88 Å². The quantitative estimate of drug-likeness (QED) is 0.692. The Morgan fingerprint density at radius 1 is 1.15 bits per heavy atom. The fourth-order valence-electron chi connectivity index (χ4n) is 4.47. The van der Waals surface area contributed by atoms with Crippen molar-refractivity contribution in [3.8, 4) is 0 Å². The second-order valence-electron chi connectivity index (χ2n) is 8.87. The summed E-state index contributed by atoms with van der Waals surface area (Å²) in [6.07, 6.45) is 7.52. The van der Waals surface area contributed by atoms with Crippen LogP contribution in [0.15, 0.2) is 18.5 Å². The lowest BCUT2D eigenvalue weighted by Gasteiger charge is -2.41. The normalized spacial score (nSPS) is 20.2. The van der Waals surface area contributed by atoms with Crippen LogP contribution in [0.4, 0.5) is 10.9 Å². The van der Waals surface area contributed by atoms with E-state index in [1.54, 1.807) is 29.4 Å². The van der Waals surface area contributed by atoms with E-state index in [9.17, 15) is 9.59 Å². The fourth-order valence-corrected chi connectivity index (χ4v) is 5.39. The predicted octanol–water partition coefficient (Wildman–Crippen LogP) is 2.50. The summed E-state index contributed by atoms with van der Waals surface area (Å²) >= 11 is 1.66. The summed E-state index contributed by atoms with van der Waals surface area (Å²) in [7, 11) is 1.97. The van der Waals surface area contributed by atoms with Crippen LogP contribution >= 0.6 is 11.3 Å². The molecule has 2 saturated heterocycles. The summed E-state index contributed by atoms with van der Waals surface area (Å²) in [5.41, 5.74) is 0. The van der Waals surface area contributed by atoms with Gasteiger partial charge >= 0.3 is 0 Å². The van der Waals surface area contributed by atoms with Gasteiger partial charge in [0.15, 0.2) is 5.13 Å². The number of aryl methyl sites for hydroxylation is 1. The van der Waals surface area contributed by atoms with Crippen molar-refractivity contribution in [3.63, 3.8) is 0 Å². The fraction of sp³-hybridized carbons (Fsp3) is 0.609. The molecule has 0 spiro atoms. The van der Waals surface area contributed by atoms with Crippen molar-refractivity contribution in [1.82, 2.24) is 29.7 Å². The molecule has 9 nitrogen and oxygen atoms in total. The minimum Gasteiger partial charge on any atom is -0.341 e. The van der Waals surface area contributed by atoms with Crippen LogP contribution in [-0.4, -0.2) is 87.3 Å². The highest BCUT2D eigenvalue weighted by molar-refractivity contribution is 7.15. The van der Waals surface area contributed by atoms with Crippen LogP contribution in [-0.2, 0) is 16.0 Å². The molecular formula is C23H33N7O2S. The molecule has 4 heterocycles. The van der Waals surface area contributed by atoms with Gasteiger partial charge in [-0.3, -0.25) is 14.5 Å². The van der Waals surface area contributed by atoms with Crippen LogP contribution in [0.1, 0.15) is 49.7 Å². The Hall–Kier alpha value is -2.59. The second kappa shape index (κ2) is 10.6. The predicted molar refractivity (Wildman–Crippen MR) is 129 cm³/mol. The van der Waals surface area contributed by atoms with Gasteiger partial charge in [0, 0.05) is 62.8 Å². The third-order valence-electron chi connectivity index (χ3n) is 6.51. The summed E-state index contributed by atoms with van der Waals surface area (Å²) in [6.45, 7) is 6.97. The molecule has 2 aliphatic rings. The first-order valence-electron chi connectivity index (χ1n) is 11.7. The maximum absolute atomic E-state index is 13.2. The summed E-state index contributed by atoms with van der Waals surface area (Å²) in [4.78, 5) is 45.7. The number of nitrogens with zero attached hydrogens (tertiary/aromatic N) is 6. The van der Waals surface area contributed by atoms with Crippen molar-refractivity contribution in [2.45, 2.75) is 51.5 Å². The van der Waals surface area contributed by atoms with Gasteiger partial charge in [-0.2, -0.15) is 0 Å². The highest BCUT2D eigenvalue weighted by Crippen LogP contribution is 2.28. The zero-order valence-corrected chi connectivity index (χ0v) is 20.5. The highest BCUT2D eigenvalue weighted by Gasteiger charge is 2.35. The van der Waals surface area contributed by atoms with Gasteiger partial charge in [-0.15, -0.1) is 11.3 Å². The number of thiazole rings is 1. The molecule has 0 aliphatic carbocycles. The number of nitrogens with one attached hydrogen (secondary N) is 1. The topological polar surface area (TPSA) is 94.6 Å². The van der Waals surface area contributed by atoms with Gasteiger partial charge in [-0.05, 0) is 32.4 Å². The number of carbonyl (C=O) groups is 2. The van der Waals surface area contributed by atoms with Crippen LogP contribution in [0.3, 0.4) is 0 Å². The zero-order chi connectivity index (χ0) is 23.4. The first-order chi connectivity index (χ1) is 15.9. The SMILES string of the molecule is CCCc1cnc(Nc2ccnc(C3CCN(C(=O)[C@H]4CN(C(C)=O)CCN4C)CC3)n2)s1. The zero-order valence-electron chi connectivity index (χ0n) is 19.7. The number of likely N-dealkylation sites (tertiary alicyclic amines) is 1. The molecule has 0 radical (unpaired) electrons. The number of aromatic nitrogens is 3. The molecule has 33 heavy (non-hydrogen) atoms. The van der Waals surface area contributed by atoms with Gasteiger partial charge in [0.2, 0.25) is 11.8 Å². The minimum atomic E-state index is -0.265. The van der Waals surface area contributed by atoms with E-state index >= 15 is 0 Å². The summed E-state index contributed by atoms with van der Waals surface area (Å²) in [5, 5.41) is 4.15. The van der Waals surface area contributed by atoms with Gasteiger partial charge in [-0.1, -0.05) is 13.3 Å². The van der Waals surface area contributed by atoms with Crippen molar-refractivity contribution < 1.29 is 9.59 Å². The molecule has 2 aromatic heterocycles. The third-order valence-corrected chi connectivity index (χ3v) is 7.48. The first kappa shape index (κ1) is 23.6. The van der Waals surface area contributed by atoms with Gasteiger partial charge in [0.05, 0.1) is 0 Å². The summed E-state index contributed by atoms with van der Waals surface area (Å²) < 4.78 is 0. The highest BCUT2D eigenvalue weighted by atomic mass is 32.1. The van der Waals surface area contributed by atoms with Crippen molar-refractivity contribution in [2.24, 2.45) is 0 Å². The van der Waals surface area contributed by atoms with Gasteiger partial charge in [0.1, 0.15) is 17.7 Å². The molecule has 4 rings (SSSR count). The molecule has 2 fully saturated rings. The van der Waals surface area contributed by atoms with E-state index in [0.29, 0.717) is 26.2 Å². The number of piperazine rings is 1. The molecule has 0 unspecified atom stereocenters. The molecule has 2 amide bonds. The number of carbonyl (C=O) groups excluding carboxylic acids is 2. The summed E-state index contributed by atoms with van der Waals surface area (Å²) in [6, 6.07) is 1.60. The Balaban J connectivity index is 1.34. The maximum atomic E-state index is 13.2. The van der Waals surface area contributed by atoms with E-state index in [1.807, 2.05) is 24.2 Å². The molecule has 1 atom stereocenters. The standard InChI is InChI=1S/C23H33N7O2S/c1-4-5-18-14-25-23(33-18)27-20-6-9-24-21(26-20)17-7-10-29(11-8-17)22(32)19-15-30(16(2)31)13-12-28(19)3/h6,9,14,17,19H,4-5,7-8,10-13,15H2,1-3H3,(H,24,25,26,27)/t19-/m1/s1. The molecule has 0 bridgehead atoms. The maximum Gasteiger partial charge on any atom is 0.241 e. The van der Waals surface area contributed by atoms with Crippen LogP contribution < -0.4 is 5.32 Å². The van der Waals surface area contributed by atoms with Crippen molar-refractivity contribution >= 4 is 34.1 Å². The Labute approximate surface area is 199 Å². The Kier molecular flexibility index (Phi) is 7.54. The number of rotatable bonds is 6. The van der Waals surface area contributed by atoms with E-state index in [4.69, 9.17) is 4.98 Å². The number of anilines is 2. The van der Waals surface area contributed by atoms with Gasteiger partial charge in [-0.25, -0.2) is 15.0 Å². The molecule has 10 heteroatoms. The molecule has 178 valence electrons. The van der Waals surface area contributed by atoms with Crippen LogP contribution in [0.5, 0.6) is 0 Å². The number of amides is 2. The molecule has 2 aromatic rings. The average molecular weight is 472 g/mol. The molecule has 0 saturated carbocycles. The smallest absolute Gasteiger partial charge is 0.241 e. The van der Waals surface area contributed by atoms with Crippen molar-refractivity contribution in [2.75, 3.05) is 45.1 Å². The molecule has 1 N–H and O–H groups in total. The van der Waals surface area contributed by atoms with Crippen molar-refractivity contribution in [1.29, 1.82) is 0 Å². The van der Waals surface area contributed by atoms with Crippen LogP contribution in [0, 0.1) is 0 Å². The lowest BCUT2D eigenvalue weighted by Crippen LogP contribution is -2.59. The van der Waals surface area contributed by atoms with Crippen molar-refractivity contribution in [3.05, 3.63) is 29.2 Å². The lowest BCUT2D eigenvalue weighted by atomic mass is 9.95. The van der Waals surface area contributed by atoms with Gasteiger partial charge < -0.3 is 15.1 Å². The van der Waals surface area contributed by atoms with Crippen LogP contribution in [0.25, 0.3) is 0 Å². The van der Waals surface area contributed by atoms with Gasteiger partial charge in [0.25, 0.3) is 0 Å². The largest absolute Gasteiger partial charge is 0.341 e. The lowest BCUT2D eigenvalue weighted by molar-refractivity contribution is -0.143. The molecule has 2 aliphatic heterocycles. The average Bonchev–Trinajstić information content (AvgIpc) is 3.26. The molecule has 0 aromatic carbocycles. The number of hydrogen-bond acceptors (Lipinski definition) is 8. The monoisotopic (exact) mass is 471 g/mol. The summed E-state index contributed by atoms with van der Waals surface area (Å²) in [5.74, 6) is 1.94. The Morgan fingerprint density at radius 2 is 1.94 bits per heavy atom. The molecular weight excluding hydrogens is 438 g/mol. The second-order valence-corrected chi connectivity index (χ2v) is 9.98. The van der Waals surface area contributed by atoms with E-state index in [0.717, 1.165) is 49.0 Å². The Bertz CT molecular complexity index is 973.